The van der Waals surface area contributed by atoms with Gasteiger partial charge in [0.25, 0.3) is 10.0 Å². The van der Waals surface area contributed by atoms with Gasteiger partial charge in [-0.3, -0.25) is 4.72 Å². The summed E-state index contributed by atoms with van der Waals surface area (Å²) in [4.78, 5) is -0.913. The van der Waals surface area contributed by atoms with Crippen LogP contribution in [0.15, 0.2) is 35.2 Å². The minimum atomic E-state index is -4.39. The minimum absolute atomic E-state index is 0.0543. The lowest BCUT2D eigenvalue weighted by Gasteiger charge is -2.12. The molecular formula is C13H11F3N2O2S. The lowest BCUT2D eigenvalue weighted by Crippen LogP contribution is -2.16. The first kappa shape index (κ1) is 15.2. The van der Waals surface area contributed by atoms with Gasteiger partial charge in [-0.1, -0.05) is 0 Å². The number of nitrogens with two attached hydrogens (primary N) is 1. The fourth-order valence-electron chi connectivity index (χ4n) is 1.72. The number of rotatable bonds is 3. The van der Waals surface area contributed by atoms with E-state index in [0.717, 1.165) is 18.2 Å². The van der Waals surface area contributed by atoms with Crippen molar-refractivity contribution in [1.82, 2.24) is 0 Å². The standard InChI is InChI=1S/C13H11F3N2O2S/c1-7-4-8(14)2-3-11(7)18-21(19,20)12-6-9(17)5-10(15)13(12)16/h2-6,18H,17H2,1H3. The Morgan fingerprint density at radius 1 is 1.10 bits per heavy atom. The van der Waals surface area contributed by atoms with E-state index in [0.29, 0.717) is 11.6 Å². The molecule has 2 aromatic carbocycles. The molecule has 0 amide bonds. The predicted octanol–water partition coefficient (Wildman–Crippen LogP) is 2.80. The van der Waals surface area contributed by atoms with Gasteiger partial charge < -0.3 is 5.73 Å². The molecule has 0 bridgehead atoms. The average molecular weight is 316 g/mol. The molecule has 0 saturated heterocycles. The van der Waals surface area contributed by atoms with Crippen LogP contribution in [0, 0.1) is 24.4 Å². The van der Waals surface area contributed by atoms with Gasteiger partial charge in [-0.25, -0.2) is 21.6 Å². The number of benzene rings is 2. The number of hydrogen-bond acceptors (Lipinski definition) is 3. The van der Waals surface area contributed by atoms with Crippen molar-refractivity contribution in [1.29, 1.82) is 0 Å². The van der Waals surface area contributed by atoms with Crippen LogP contribution in [0.1, 0.15) is 5.56 Å². The van der Waals surface area contributed by atoms with E-state index in [9.17, 15) is 21.6 Å². The monoisotopic (exact) mass is 316 g/mol. The van der Waals surface area contributed by atoms with Gasteiger partial charge in [0, 0.05) is 5.69 Å². The molecule has 2 aromatic rings. The summed E-state index contributed by atoms with van der Waals surface area (Å²) in [6, 6.07) is 4.81. The molecular weight excluding hydrogens is 305 g/mol. The maximum atomic E-state index is 13.6. The third-order valence-electron chi connectivity index (χ3n) is 2.74. The van der Waals surface area contributed by atoms with Crippen LogP contribution in [-0.4, -0.2) is 8.42 Å². The first-order chi connectivity index (χ1) is 9.70. The molecule has 0 aliphatic heterocycles. The molecule has 0 fully saturated rings. The van der Waals surface area contributed by atoms with E-state index in [2.05, 4.69) is 4.72 Å². The van der Waals surface area contributed by atoms with Gasteiger partial charge in [-0.2, -0.15) is 0 Å². The van der Waals surface area contributed by atoms with Crippen LogP contribution in [-0.2, 0) is 10.0 Å². The van der Waals surface area contributed by atoms with E-state index in [4.69, 9.17) is 5.73 Å². The summed E-state index contributed by atoms with van der Waals surface area (Å²) < 4.78 is 66.1. The summed E-state index contributed by atoms with van der Waals surface area (Å²) in [5.74, 6) is -3.45. The summed E-state index contributed by atoms with van der Waals surface area (Å²) in [5, 5.41) is 0. The van der Waals surface area contributed by atoms with Crippen LogP contribution in [0.25, 0.3) is 0 Å². The molecule has 0 saturated carbocycles. The molecule has 0 aliphatic carbocycles. The van der Waals surface area contributed by atoms with Gasteiger partial charge in [-0.05, 0) is 42.8 Å². The van der Waals surface area contributed by atoms with Gasteiger partial charge in [0.05, 0.1) is 5.69 Å². The van der Waals surface area contributed by atoms with E-state index in [1.807, 2.05) is 0 Å². The molecule has 0 radical (unpaired) electrons. The van der Waals surface area contributed by atoms with Crippen molar-refractivity contribution in [2.75, 3.05) is 10.5 Å². The Kier molecular flexibility index (Phi) is 3.82. The van der Waals surface area contributed by atoms with E-state index in [1.165, 1.54) is 13.0 Å². The molecule has 0 aromatic heterocycles. The maximum Gasteiger partial charge on any atom is 0.265 e. The fourth-order valence-corrected chi connectivity index (χ4v) is 2.97. The molecule has 2 rings (SSSR count). The summed E-state index contributed by atoms with van der Waals surface area (Å²) >= 11 is 0. The summed E-state index contributed by atoms with van der Waals surface area (Å²) in [7, 11) is -4.39. The molecule has 0 atom stereocenters. The van der Waals surface area contributed by atoms with Crippen molar-refractivity contribution >= 4 is 21.4 Å². The third kappa shape index (κ3) is 3.10. The van der Waals surface area contributed by atoms with Crippen LogP contribution < -0.4 is 10.5 Å². The normalized spacial score (nSPS) is 11.4. The van der Waals surface area contributed by atoms with Gasteiger partial charge >= 0.3 is 0 Å². The topological polar surface area (TPSA) is 72.2 Å². The number of nitrogens with one attached hydrogen (secondary N) is 1. The van der Waals surface area contributed by atoms with E-state index >= 15 is 0 Å². The molecule has 0 unspecified atom stereocenters. The highest BCUT2D eigenvalue weighted by Crippen LogP contribution is 2.25. The van der Waals surface area contributed by atoms with Crippen molar-refractivity contribution in [2.24, 2.45) is 0 Å². The van der Waals surface area contributed by atoms with E-state index < -0.39 is 32.4 Å². The molecule has 21 heavy (non-hydrogen) atoms. The summed E-state index contributed by atoms with van der Waals surface area (Å²) in [6.45, 7) is 1.47. The van der Waals surface area contributed by atoms with Crippen LogP contribution in [0.3, 0.4) is 0 Å². The van der Waals surface area contributed by atoms with Crippen LogP contribution in [0.2, 0.25) is 0 Å². The van der Waals surface area contributed by atoms with E-state index in [1.54, 1.807) is 0 Å². The Morgan fingerprint density at radius 2 is 1.76 bits per heavy atom. The Labute approximate surface area is 119 Å². The maximum absolute atomic E-state index is 13.6. The summed E-state index contributed by atoms with van der Waals surface area (Å²) in [5.41, 5.74) is 5.44. The zero-order chi connectivity index (χ0) is 15.8. The largest absolute Gasteiger partial charge is 0.399 e. The Bertz CT molecular complexity index is 807. The van der Waals surface area contributed by atoms with E-state index in [-0.39, 0.29) is 11.4 Å². The highest BCUT2D eigenvalue weighted by molar-refractivity contribution is 7.92. The average Bonchev–Trinajstić information content (AvgIpc) is 2.37. The first-order valence-electron chi connectivity index (χ1n) is 5.74. The highest BCUT2D eigenvalue weighted by atomic mass is 32.2. The quantitative estimate of drug-likeness (QED) is 0.855. The van der Waals surface area contributed by atoms with Crippen molar-refractivity contribution in [2.45, 2.75) is 11.8 Å². The molecule has 112 valence electrons. The van der Waals surface area contributed by atoms with Crippen molar-refractivity contribution in [3.8, 4) is 0 Å². The highest BCUT2D eigenvalue weighted by Gasteiger charge is 2.23. The van der Waals surface area contributed by atoms with Crippen molar-refractivity contribution in [3.63, 3.8) is 0 Å². The second-order valence-electron chi connectivity index (χ2n) is 4.38. The minimum Gasteiger partial charge on any atom is -0.399 e. The second-order valence-corrected chi connectivity index (χ2v) is 6.03. The third-order valence-corrected chi connectivity index (χ3v) is 4.10. The smallest absolute Gasteiger partial charge is 0.265 e. The van der Waals surface area contributed by atoms with Gasteiger partial charge in [0.2, 0.25) is 0 Å². The van der Waals surface area contributed by atoms with Crippen molar-refractivity contribution in [3.05, 3.63) is 53.3 Å². The molecule has 4 nitrogen and oxygen atoms in total. The number of hydrogen-bond donors (Lipinski definition) is 2. The number of sulfonamides is 1. The SMILES string of the molecule is Cc1cc(F)ccc1NS(=O)(=O)c1cc(N)cc(F)c1F. The Morgan fingerprint density at radius 3 is 2.38 bits per heavy atom. The molecule has 0 spiro atoms. The molecule has 0 aliphatic rings. The predicted molar refractivity (Wildman–Crippen MR) is 72.7 cm³/mol. The number of nitrogen functional groups attached to an aromatic ring is 1. The fraction of sp³-hybridized carbons (Fsp3) is 0.0769. The Balaban J connectivity index is 2.48. The van der Waals surface area contributed by atoms with Crippen LogP contribution >= 0.6 is 0 Å². The first-order valence-corrected chi connectivity index (χ1v) is 7.22. The second kappa shape index (κ2) is 5.28. The molecule has 3 N–H and O–H groups in total. The van der Waals surface area contributed by atoms with Gasteiger partial charge in [-0.15, -0.1) is 0 Å². The van der Waals surface area contributed by atoms with Crippen LogP contribution in [0.4, 0.5) is 24.5 Å². The van der Waals surface area contributed by atoms with Gasteiger partial charge in [0.15, 0.2) is 11.6 Å². The summed E-state index contributed by atoms with van der Waals surface area (Å²) in [6.07, 6.45) is 0. The number of anilines is 2. The lowest BCUT2D eigenvalue weighted by atomic mass is 10.2. The van der Waals surface area contributed by atoms with Gasteiger partial charge in [0.1, 0.15) is 10.7 Å². The molecule has 8 heteroatoms. The number of halogens is 3. The van der Waals surface area contributed by atoms with Crippen LogP contribution in [0.5, 0.6) is 0 Å². The zero-order valence-corrected chi connectivity index (χ0v) is 11.6. The number of aryl methyl sites for hydroxylation is 1. The Hall–Kier alpha value is -2.22. The zero-order valence-electron chi connectivity index (χ0n) is 10.8. The van der Waals surface area contributed by atoms with Crippen molar-refractivity contribution < 1.29 is 21.6 Å². The molecule has 0 heterocycles. The lowest BCUT2D eigenvalue weighted by molar-refractivity contribution is 0.486.